The molecule has 2 aromatic carbocycles. The molecule has 260 valence electrons. The van der Waals surface area contributed by atoms with E-state index in [1.165, 1.54) is 5.69 Å². The second-order valence-corrected chi connectivity index (χ2v) is 13.3. The van der Waals surface area contributed by atoms with E-state index >= 15 is 0 Å². The van der Waals surface area contributed by atoms with Crippen molar-refractivity contribution in [2.24, 2.45) is 0 Å². The highest BCUT2D eigenvalue weighted by atomic mass is 16.2. The molecule has 2 saturated heterocycles. The van der Waals surface area contributed by atoms with E-state index in [0.717, 1.165) is 54.9 Å². The largest absolute Gasteiger partial charge is 0.369 e. The number of carbonyl (C=O) groups excluding carboxylic acids is 4. The SMILES string of the molecule is C[C@@H]1CNC(=O)c2cc3ccc(C(=O)Nc4cnn(Cc5ccc(N6CCN(Cc7cccc(N8CCC(=O)NC8=O)c7)CC6)cc5)c4)nc3n21. The molecule has 8 rings (SSSR count). The Labute approximate surface area is 294 Å². The van der Waals surface area contributed by atoms with Gasteiger partial charge >= 0.3 is 6.03 Å². The van der Waals surface area contributed by atoms with Gasteiger partial charge in [0.1, 0.15) is 17.0 Å². The standard InChI is InChI=1S/C37H38N10O4/c1-24-19-38-36(50)32-18-27-7-10-31(41-34(27)47(24)32)35(49)40-28-20-39-45(23-28)22-25-5-8-29(9-6-25)44-15-13-43(14-16-44)21-26-3-2-4-30(17-26)46-12-11-33(48)42-37(46)51/h2-10,17-18,20,23-24H,11-16,19,21-22H2,1H3,(H,38,50)(H,40,49)(H,42,48,51)/t24-/m1/s1. The minimum atomic E-state index is -0.367. The van der Waals surface area contributed by atoms with E-state index in [1.807, 2.05) is 35.8 Å². The predicted molar refractivity (Wildman–Crippen MR) is 192 cm³/mol. The monoisotopic (exact) mass is 686 g/mol. The van der Waals surface area contributed by atoms with Crippen LogP contribution in [0, 0.1) is 0 Å². The number of benzene rings is 2. The van der Waals surface area contributed by atoms with Gasteiger partial charge in [0.2, 0.25) is 5.91 Å². The lowest BCUT2D eigenvalue weighted by Crippen LogP contribution is -2.49. The Balaban J connectivity index is 0.837. The van der Waals surface area contributed by atoms with Gasteiger partial charge in [-0.1, -0.05) is 24.3 Å². The second kappa shape index (κ2) is 13.4. The Morgan fingerprint density at radius 2 is 1.73 bits per heavy atom. The van der Waals surface area contributed by atoms with E-state index in [1.54, 1.807) is 34.1 Å². The zero-order valence-electron chi connectivity index (χ0n) is 28.2. The highest BCUT2D eigenvalue weighted by molar-refractivity contribution is 6.06. The van der Waals surface area contributed by atoms with Crippen LogP contribution in [0.5, 0.6) is 0 Å². The molecular formula is C37H38N10O4. The number of pyridine rings is 1. The molecule has 0 spiro atoms. The number of hydrogen-bond donors (Lipinski definition) is 3. The third-order valence-electron chi connectivity index (χ3n) is 9.74. The van der Waals surface area contributed by atoms with Crippen molar-refractivity contribution in [2.45, 2.75) is 32.5 Å². The van der Waals surface area contributed by atoms with Crippen molar-refractivity contribution in [1.82, 2.24) is 34.9 Å². The molecule has 14 heteroatoms. The molecular weight excluding hydrogens is 648 g/mol. The van der Waals surface area contributed by atoms with Crippen molar-refractivity contribution in [2.75, 3.05) is 54.4 Å². The molecule has 3 aromatic heterocycles. The first-order valence-corrected chi connectivity index (χ1v) is 17.2. The maximum absolute atomic E-state index is 13.1. The molecule has 0 radical (unpaired) electrons. The minimum Gasteiger partial charge on any atom is -0.369 e. The van der Waals surface area contributed by atoms with Gasteiger partial charge in [0.05, 0.1) is 24.5 Å². The van der Waals surface area contributed by atoms with Crippen LogP contribution in [0.3, 0.4) is 0 Å². The van der Waals surface area contributed by atoms with Crippen molar-refractivity contribution in [3.63, 3.8) is 0 Å². The van der Waals surface area contributed by atoms with Gasteiger partial charge in [0, 0.05) is 75.2 Å². The number of carbonyl (C=O) groups is 4. The van der Waals surface area contributed by atoms with Gasteiger partial charge in [0.25, 0.3) is 11.8 Å². The smallest absolute Gasteiger partial charge is 0.328 e. The summed E-state index contributed by atoms with van der Waals surface area (Å²) in [5.41, 5.74) is 6.21. The highest BCUT2D eigenvalue weighted by Gasteiger charge is 2.27. The van der Waals surface area contributed by atoms with Crippen molar-refractivity contribution in [1.29, 1.82) is 0 Å². The molecule has 2 fully saturated rings. The first kappa shape index (κ1) is 32.2. The number of amides is 5. The van der Waals surface area contributed by atoms with E-state index in [9.17, 15) is 19.2 Å². The fraction of sp³-hybridized carbons (Fsp3) is 0.297. The fourth-order valence-corrected chi connectivity index (χ4v) is 7.03. The zero-order valence-corrected chi connectivity index (χ0v) is 28.2. The Hall–Kier alpha value is -6.02. The molecule has 5 amide bonds. The Morgan fingerprint density at radius 1 is 0.902 bits per heavy atom. The van der Waals surface area contributed by atoms with Gasteiger partial charge < -0.3 is 20.1 Å². The van der Waals surface area contributed by atoms with E-state index in [0.29, 0.717) is 43.1 Å². The number of hydrogen-bond acceptors (Lipinski definition) is 8. The van der Waals surface area contributed by atoms with Crippen LogP contribution in [0.2, 0.25) is 0 Å². The summed E-state index contributed by atoms with van der Waals surface area (Å²) in [5.74, 6) is -0.715. The zero-order chi connectivity index (χ0) is 35.1. The summed E-state index contributed by atoms with van der Waals surface area (Å²) < 4.78 is 3.68. The molecule has 0 bridgehead atoms. The predicted octanol–water partition coefficient (Wildman–Crippen LogP) is 3.61. The third kappa shape index (κ3) is 6.65. The van der Waals surface area contributed by atoms with Crippen LogP contribution >= 0.6 is 0 Å². The van der Waals surface area contributed by atoms with Crippen molar-refractivity contribution in [3.8, 4) is 0 Å². The van der Waals surface area contributed by atoms with Crippen LogP contribution in [0.25, 0.3) is 11.0 Å². The van der Waals surface area contributed by atoms with Gasteiger partial charge in [-0.25, -0.2) is 9.78 Å². The summed E-state index contributed by atoms with van der Waals surface area (Å²) in [5, 5.41) is 13.4. The number of rotatable bonds is 8. The quantitative estimate of drug-likeness (QED) is 0.224. The molecule has 1 atom stereocenters. The molecule has 51 heavy (non-hydrogen) atoms. The van der Waals surface area contributed by atoms with Crippen LogP contribution in [0.15, 0.2) is 79.1 Å². The fourth-order valence-electron chi connectivity index (χ4n) is 7.03. The summed E-state index contributed by atoms with van der Waals surface area (Å²) in [7, 11) is 0. The van der Waals surface area contributed by atoms with Crippen molar-refractivity contribution < 1.29 is 19.2 Å². The van der Waals surface area contributed by atoms with Crippen LogP contribution in [-0.2, 0) is 17.9 Å². The first-order valence-electron chi connectivity index (χ1n) is 17.2. The number of imide groups is 1. The van der Waals surface area contributed by atoms with E-state index < -0.39 is 0 Å². The van der Waals surface area contributed by atoms with Gasteiger partial charge in [-0.3, -0.25) is 34.2 Å². The number of nitrogens with one attached hydrogen (secondary N) is 3. The summed E-state index contributed by atoms with van der Waals surface area (Å²) in [6.07, 6.45) is 3.73. The molecule has 3 aliphatic rings. The molecule has 6 heterocycles. The number of nitrogens with zero attached hydrogens (tertiary/aromatic N) is 7. The maximum atomic E-state index is 13.1. The van der Waals surface area contributed by atoms with Gasteiger partial charge in [-0.05, 0) is 60.5 Å². The van der Waals surface area contributed by atoms with Crippen molar-refractivity contribution >= 4 is 51.8 Å². The number of fused-ring (bicyclic) bond motifs is 3. The summed E-state index contributed by atoms with van der Waals surface area (Å²) >= 11 is 0. The number of piperazine rings is 1. The Morgan fingerprint density at radius 3 is 2.53 bits per heavy atom. The second-order valence-electron chi connectivity index (χ2n) is 13.3. The van der Waals surface area contributed by atoms with Gasteiger partial charge in [0.15, 0.2) is 0 Å². The molecule has 14 nitrogen and oxygen atoms in total. The lowest BCUT2D eigenvalue weighted by atomic mass is 10.1. The highest BCUT2D eigenvalue weighted by Crippen LogP contribution is 2.26. The lowest BCUT2D eigenvalue weighted by molar-refractivity contribution is -0.120. The molecule has 3 N–H and O–H groups in total. The van der Waals surface area contributed by atoms with Crippen molar-refractivity contribution in [3.05, 3.63) is 102 Å². The van der Waals surface area contributed by atoms with E-state index in [2.05, 4.69) is 66.2 Å². The summed E-state index contributed by atoms with van der Waals surface area (Å²) in [4.78, 5) is 60.3. The van der Waals surface area contributed by atoms with Gasteiger partial charge in [-0.2, -0.15) is 5.10 Å². The summed E-state index contributed by atoms with van der Waals surface area (Å²) in [6, 6.07) is 21.4. The summed E-state index contributed by atoms with van der Waals surface area (Å²) in [6.45, 7) is 7.90. The average Bonchev–Trinajstić information content (AvgIpc) is 3.75. The molecule has 3 aliphatic heterocycles. The van der Waals surface area contributed by atoms with Crippen LogP contribution in [0.4, 0.5) is 21.9 Å². The molecule has 0 saturated carbocycles. The molecule has 0 aliphatic carbocycles. The van der Waals surface area contributed by atoms with Crippen LogP contribution in [0.1, 0.15) is 51.5 Å². The third-order valence-corrected chi connectivity index (χ3v) is 9.74. The topological polar surface area (TPSA) is 150 Å². The molecule has 5 aromatic rings. The first-order chi connectivity index (χ1) is 24.8. The van der Waals surface area contributed by atoms with Crippen LogP contribution < -0.4 is 25.8 Å². The average molecular weight is 687 g/mol. The Bertz CT molecular complexity index is 2150. The number of urea groups is 1. The van der Waals surface area contributed by atoms with E-state index in [-0.39, 0.29) is 35.5 Å². The molecule has 0 unspecified atom stereocenters. The Kier molecular flexibility index (Phi) is 8.44. The van der Waals surface area contributed by atoms with E-state index in [4.69, 9.17) is 0 Å². The van der Waals surface area contributed by atoms with Gasteiger partial charge in [-0.15, -0.1) is 0 Å². The minimum absolute atomic E-state index is 0.0348. The normalized spacial score (nSPS) is 18.1. The van der Waals surface area contributed by atoms with Crippen LogP contribution in [-0.4, -0.2) is 87.3 Å². The maximum Gasteiger partial charge on any atom is 0.328 e. The number of anilines is 3. The lowest BCUT2D eigenvalue weighted by Gasteiger charge is -2.36. The number of aromatic nitrogens is 4.